The molecule has 0 saturated heterocycles. The van der Waals surface area contributed by atoms with Crippen molar-refractivity contribution in [1.29, 1.82) is 0 Å². The van der Waals surface area contributed by atoms with E-state index in [2.05, 4.69) is 6.08 Å². The Bertz CT molecular complexity index is 428. The van der Waals surface area contributed by atoms with E-state index in [1.165, 1.54) is 36.6 Å². The Balaban J connectivity index is 2.10. The van der Waals surface area contributed by atoms with Crippen molar-refractivity contribution in [3.63, 3.8) is 0 Å². The van der Waals surface area contributed by atoms with Gasteiger partial charge in [0.25, 0.3) is 0 Å². The zero-order valence-electron chi connectivity index (χ0n) is 9.63. The summed E-state index contributed by atoms with van der Waals surface area (Å²) in [4.78, 5) is 0. The van der Waals surface area contributed by atoms with Crippen molar-refractivity contribution in [1.82, 2.24) is 0 Å². The van der Waals surface area contributed by atoms with Crippen LogP contribution in [0.3, 0.4) is 0 Å². The minimum absolute atomic E-state index is 0.360. The van der Waals surface area contributed by atoms with Crippen molar-refractivity contribution < 1.29 is 9.50 Å². The second-order valence-corrected chi connectivity index (χ2v) is 4.90. The fourth-order valence-electron chi connectivity index (χ4n) is 2.22. The van der Waals surface area contributed by atoms with E-state index in [9.17, 15) is 9.50 Å². The Hall–Kier alpha value is -0.860. The molecule has 1 aliphatic rings. The van der Waals surface area contributed by atoms with Crippen LogP contribution in [0.15, 0.2) is 29.8 Å². The molecule has 1 N–H and O–H groups in total. The predicted molar refractivity (Wildman–Crippen MR) is 67.5 cm³/mol. The van der Waals surface area contributed by atoms with Crippen LogP contribution in [0.25, 0.3) is 0 Å². The number of aliphatic hydroxyl groups is 1. The quantitative estimate of drug-likeness (QED) is 0.793. The molecule has 0 fully saturated rings. The summed E-state index contributed by atoms with van der Waals surface area (Å²) >= 11 is 5.96. The van der Waals surface area contributed by atoms with Crippen LogP contribution >= 0.6 is 11.6 Å². The van der Waals surface area contributed by atoms with E-state index in [1.807, 2.05) is 0 Å². The summed E-state index contributed by atoms with van der Waals surface area (Å²) in [5.74, 6) is -0.360. The van der Waals surface area contributed by atoms with Gasteiger partial charge in [0.1, 0.15) is 5.82 Å². The van der Waals surface area contributed by atoms with Gasteiger partial charge in [0.15, 0.2) is 0 Å². The molecule has 2 rings (SSSR count). The van der Waals surface area contributed by atoms with Crippen LogP contribution in [0.2, 0.25) is 5.02 Å². The molecule has 0 heterocycles. The highest BCUT2D eigenvalue weighted by Crippen LogP contribution is 2.31. The molecule has 92 valence electrons. The summed E-state index contributed by atoms with van der Waals surface area (Å²) in [6, 6.07) is 4.11. The average molecular weight is 255 g/mol. The zero-order valence-corrected chi connectivity index (χ0v) is 10.4. The first-order valence-electron chi connectivity index (χ1n) is 5.98. The number of aliphatic hydroxyl groups excluding tert-OH is 1. The maximum atomic E-state index is 13.1. The molecular weight excluding hydrogens is 239 g/mol. The van der Waals surface area contributed by atoms with Gasteiger partial charge in [-0.2, -0.15) is 0 Å². The number of allylic oxidation sites excluding steroid dienone is 1. The third-order valence-electron chi connectivity index (χ3n) is 3.16. The molecule has 0 saturated carbocycles. The first-order chi connectivity index (χ1) is 8.16. The maximum Gasteiger partial charge on any atom is 0.123 e. The molecule has 3 heteroatoms. The van der Waals surface area contributed by atoms with Crippen molar-refractivity contribution in [2.24, 2.45) is 0 Å². The summed E-state index contributed by atoms with van der Waals surface area (Å²) in [6.45, 7) is 0. The molecule has 1 unspecified atom stereocenters. The van der Waals surface area contributed by atoms with E-state index in [0.717, 1.165) is 12.8 Å². The van der Waals surface area contributed by atoms with Crippen molar-refractivity contribution in [3.8, 4) is 0 Å². The van der Waals surface area contributed by atoms with Gasteiger partial charge in [-0.25, -0.2) is 4.39 Å². The van der Waals surface area contributed by atoms with Gasteiger partial charge in [-0.05, 0) is 50.3 Å². The van der Waals surface area contributed by atoms with Crippen LogP contribution in [0.4, 0.5) is 4.39 Å². The van der Waals surface area contributed by atoms with Crippen molar-refractivity contribution in [3.05, 3.63) is 46.3 Å². The molecule has 1 aliphatic carbocycles. The first-order valence-corrected chi connectivity index (χ1v) is 6.35. The van der Waals surface area contributed by atoms with Crippen LogP contribution < -0.4 is 0 Å². The highest BCUT2D eigenvalue weighted by molar-refractivity contribution is 6.31. The van der Waals surface area contributed by atoms with Gasteiger partial charge < -0.3 is 5.11 Å². The molecule has 0 aliphatic heterocycles. The third-order valence-corrected chi connectivity index (χ3v) is 3.50. The third kappa shape index (κ3) is 3.30. The predicted octanol–water partition coefficient (Wildman–Crippen LogP) is 4.40. The van der Waals surface area contributed by atoms with E-state index in [4.69, 9.17) is 11.6 Å². The van der Waals surface area contributed by atoms with Gasteiger partial charge in [0, 0.05) is 10.6 Å². The Morgan fingerprint density at radius 1 is 1.35 bits per heavy atom. The van der Waals surface area contributed by atoms with Crippen LogP contribution in [0.1, 0.15) is 43.8 Å². The van der Waals surface area contributed by atoms with Crippen LogP contribution in [0, 0.1) is 5.82 Å². The van der Waals surface area contributed by atoms with E-state index in [0.29, 0.717) is 17.0 Å². The lowest BCUT2D eigenvalue weighted by Gasteiger charge is -2.17. The number of hydrogen-bond acceptors (Lipinski definition) is 1. The van der Waals surface area contributed by atoms with Gasteiger partial charge in [-0.15, -0.1) is 0 Å². The molecule has 0 aromatic heterocycles. The lowest BCUT2D eigenvalue weighted by molar-refractivity contribution is 0.176. The van der Waals surface area contributed by atoms with E-state index >= 15 is 0 Å². The average Bonchev–Trinajstić information content (AvgIpc) is 2.33. The molecule has 17 heavy (non-hydrogen) atoms. The fraction of sp³-hybridized carbons (Fsp3) is 0.429. The molecule has 0 bridgehead atoms. The number of benzene rings is 1. The fourth-order valence-corrected chi connectivity index (χ4v) is 2.46. The van der Waals surface area contributed by atoms with Crippen molar-refractivity contribution >= 4 is 11.6 Å². The molecule has 0 radical (unpaired) electrons. The van der Waals surface area contributed by atoms with Crippen LogP contribution in [-0.4, -0.2) is 5.11 Å². The molecule has 0 amide bonds. The highest BCUT2D eigenvalue weighted by Gasteiger charge is 2.15. The Morgan fingerprint density at radius 2 is 2.18 bits per heavy atom. The summed E-state index contributed by atoms with van der Waals surface area (Å²) in [5.41, 5.74) is 1.74. The standard InChI is InChI=1S/C14H16ClFO/c15-13-7-6-11(16)9-12(13)14(17)8-10-4-2-1-3-5-10/h4,6-7,9,14,17H,1-3,5,8H2. The molecule has 1 aromatic carbocycles. The van der Waals surface area contributed by atoms with Crippen molar-refractivity contribution in [2.75, 3.05) is 0 Å². The number of hydrogen-bond donors (Lipinski definition) is 1. The van der Waals surface area contributed by atoms with E-state index in [-0.39, 0.29) is 5.82 Å². The Kier molecular flexibility index (Phi) is 4.19. The summed E-state index contributed by atoms with van der Waals surface area (Å²) in [6.07, 6.45) is 6.55. The molecule has 1 atom stereocenters. The second kappa shape index (κ2) is 5.65. The minimum atomic E-state index is -0.706. The second-order valence-electron chi connectivity index (χ2n) is 4.49. The molecule has 1 aromatic rings. The smallest absolute Gasteiger partial charge is 0.123 e. The minimum Gasteiger partial charge on any atom is -0.388 e. The lowest BCUT2D eigenvalue weighted by Crippen LogP contribution is -2.03. The molecule has 0 spiro atoms. The Morgan fingerprint density at radius 3 is 2.88 bits per heavy atom. The maximum absolute atomic E-state index is 13.1. The lowest BCUT2D eigenvalue weighted by atomic mass is 9.93. The number of halogens is 2. The molecule has 1 nitrogen and oxygen atoms in total. The topological polar surface area (TPSA) is 20.2 Å². The summed E-state index contributed by atoms with van der Waals surface area (Å²) in [7, 11) is 0. The van der Waals surface area contributed by atoms with Gasteiger partial charge in [-0.1, -0.05) is 23.3 Å². The van der Waals surface area contributed by atoms with E-state index in [1.54, 1.807) is 0 Å². The number of rotatable bonds is 3. The van der Waals surface area contributed by atoms with Crippen LogP contribution in [0.5, 0.6) is 0 Å². The summed E-state index contributed by atoms with van der Waals surface area (Å²) < 4.78 is 13.1. The van der Waals surface area contributed by atoms with Gasteiger partial charge in [0.05, 0.1) is 6.10 Å². The Labute approximate surface area is 106 Å². The van der Waals surface area contributed by atoms with Crippen LogP contribution in [-0.2, 0) is 0 Å². The van der Waals surface area contributed by atoms with Crippen molar-refractivity contribution in [2.45, 2.75) is 38.2 Å². The van der Waals surface area contributed by atoms with Gasteiger partial charge in [0.2, 0.25) is 0 Å². The SMILES string of the molecule is OC(CC1=CCCCC1)c1cc(F)ccc1Cl. The van der Waals surface area contributed by atoms with Gasteiger partial charge in [-0.3, -0.25) is 0 Å². The van der Waals surface area contributed by atoms with Gasteiger partial charge >= 0.3 is 0 Å². The largest absolute Gasteiger partial charge is 0.388 e. The zero-order chi connectivity index (χ0) is 12.3. The summed E-state index contributed by atoms with van der Waals surface area (Å²) in [5, 5.41) is 10.5. The highest BCUT2D eigenvalue weighted by atomic mass is 35.5. The first kappa shape index (κ1) is 12.6. The normalized spacial score (nSPS) is 17.7. The van der Waals surface area contributed by atoms with E-state index < -0.39 is 6.10 Å². The molecular formula is C14H16ClFO. The monoisotopic (exact) mass is 254 g/mol.